The number of hydrogen-bond donors (Lipinski definition) is 2. The number of nitrogens with zero attached hydrogens (tertiary/aromatic N) is 1. The van der Waals surface area contributed by atoms with E-state index in [9.17, 15) is 8.42 Å². The maximum Gasteiger partial charge on any atom is 0.246 e. The highest BCUT2D eigenvalue weighted by molar-refractivity contribution is 9.11. The maximum atomic E-state index is 12.6. The van der Waals surface area contributed by atoms with Crippen molar-refractivity contribution in [1.29, 1.82) is 0 Å². The molecule has 5 nitrogen and oxygen atoms in total. The van der Waals surface area contributed by atoms with Gasteiger partial charge in [-0.3, -0.25) is 0 Å². The Balaban J connectivity index is 2.49. The Bertz CT molecular complexity index is 565. The van der Waals surface area contributed by atoms with Crippen molar-refractivity contribution in [2.75, 3.05) is 18.9 Å². The van der Waals surface area contributed by atoms with Crippen LogP contribution in [0.4, 0.5) is 5.69 Å². The first-order valence-electron chi connectivity index (χ1n) is 5.75. The third kappa shape index (κ3) is 3.13. The van der Waals surface area contributed by atoms with Crippen molar-refractivity contribution in [1.82, 2.24) is 4.31 Å². The molecule has 0 radical (unpaired) electrons. The molecule has 1 aromatic rings. The van der Waals surface area contributed by atoms with Gasteiger partial charge in [0.2, 0.25) is 10.0 Å². The summed E-state index contributed by atoms with van der Waals surface area (Å²) >= 11 is 6.51. The van der Waals surface area contributed by atoms with Gasteiger partial charge in [0.05, 0.1) is 12.3 Å². The molecule has 1 fully saturated rings. The van der Waals surface area contributed by atoms with Gasteiger partial charge in [-0.05, 0) is 40.9 Å². The number of halogens is 2. The van der Waals surface area contributed by atoms with Gasteiger partial charge in [0, 0.05) is 21.5 Å². The Morgan fingerprint density at radius 2 is 2.00 bits per heavy atom. The number of aliphatic hydroxyl groups excluding tert-OH is 1. The zero-order valence-electron chi connectivity index (χ0n) is 10.0. The molecule has 0 saturated heterocycles. The van der Waals surface area contributed by atoms with Crippen LogP contribution in [0.15, 0.2) is 26.0 Å². The van der Waals surface area contributed by atoms with Crippen LogP contribution in [0, 0.1) is 0 Å². The van der Waals surface area contributed by atoms with Crippen molar-refractivity contribution in [2.45, 2.75) is 23.8 Å². The highest BCUT2D eigenvalue weighted by Crippen LogP contribution is 2.37. The fourth-order valence-corrected chi connectivity index (χ4v) is 5.62. The van der Waals surface area contributed by atoms with Gasteiger partial charge < -0.3 is 10.8 Å². The summed E-state index contributed by atoms with van der Waals surface area (Å²) in [6, 6.07) is 3.18. The molecule has 8 heteroatoms. The standard InChI is InChI=1S/C11H14Br2N2O3S/c12-7-5-9(13)11(10(14)6-7)19(17,18)15(3-4-16)8-1-2-8/h5-6,8,16H,1-4,14H2. The van der Waals surface area contributed by atoms with Crippen LogP contribution < -0.4 is 5.73 Å². The quantitative estimate of drug-likeness (QED) is 0.722. The van der Waals surface area contributed by atoms with Gasteiger partial charge in [-0.1, -0.05) is 15.9 Å². The molecule has 106 valence electrons. The van der Waals surface area contributed by atoms with Gasteiger partial charge in [-0.25, -0.2) is 8.42 Å². The van der Waals surface area contributed by atoms with Crippen LogP contribution >= 0.6 is 31.9 Å². The largest absolute Gasteiger partial charge is 0.398 e. The van der Waals surface area contributed by atoms with E-state index in [2.05, 4.69) is 31.9 Å². The molecule has 0 atom stereocenters. The van der Waals surface area contributed by atoms with E-state index in [1.807, 2.05) is 0 Å². The van der Waals surface area contributed by atoms with Gasteiger partial charge >= 0.3 is 0 Å². The van der Waals surface area contributed by atoms with Crippen LogP contribution in [-0.4, -0.2) is 37.0 Å². The molecule has 1 aromatic carbocycles. The van der Waals surface area contributed by atoms with Crippen LogP contribution in [-0.2, 0) is 10.0 Å². The van der Waals surface area contributed by atoms with Crippen LogP contribution in [0.25, 0.3) is 0 Å². The summed E-state index contributed by atoms with van der Waals surface area (Å²) in [5, 5.41) is 9.05. The van der Waals surface area contributed by atoms with Crippen LogP contribution in [0.2, 0.25) is 0 Å². The second-order valence-corrected chi connectivity index (χ2v) is 7.97. The van der Waals surface area contributed by atoms with E-state index in [-0.39, 0.29) is 29.8 Å². The lowest BCUT2D eigenvalue weighted by Crippen LogP contribution is -2.36. The topological polar surface area (TPSA) is 83.6 Å². The average molecular weight is 414 g/mol. The maximum absolute atomic E-state index is 12.6. The summed E-state index contributed by atoms with van der Waals surface area (Å²) in [4.78, 5) is 0.0658. The van der Waals surface area contributed by atoms with Gasteiger partial charge in [-0.15, -0.1) is 0 Å². The van der Waals surface area contributed by atoms with E-state index in [1.165, 1.54) is 4.31 Å². The predicted octanol–water partition coefficient (Wildman–Crippen LogP) is 1.94. The van der Waals surface area contributed by atoms with Crippen LogP contribution in [0.1, 0.15) is 12.8 Å². The molecule has 3 N–H and O–H groups in total. The number of anilines is 1. The minimum Gasteiger partial charge on any atom is -0.398 e. The minimum absolute atomic E-state index is 0.0212. The first-order chi connectivity index (χ1) is 8.87. The third-order valence-electron chi connectivity index (χ3n) is 2.88. The molecular formula is C11H14Br2N2O3S. The summed E-state index contributed by atoms with van der Waals surface area (Å²) in [6.07, 6.45) is 1.65. The summed E-state index contributed by atoms with van der Waals surface area (Å²) in [7, 11) is -3.70. The molecule has 0 bridgehead atoms. The Labute approximate surface area is 129 Å². The zero-order chi connectivity index (χ0) is 14.2. The predicted molar refractivity (Wildman–Crippen MR) is 80.3 cm³/mol. The minimum atomic E-state index is -3.70. The summed E-state index contributed by atoms with van der Waals surface area (Å²) in [5.74, 6) is 0. The SMILES string of the molecule is Nc1cc(Br)cc(Br)c1S(=O)(=O)N(CCO)C1CC1. The monoisotopic (exact) mass is 412 g/mol. The number of nitrogens with two attached hydrogens (primary N) is 1. The zero-order valence-corrected chi connectivity index (χ0v) is 14.0. The number of nitrogen functional groups attached to an aromatic ring is 1. The van der Waals surface area contributed by atoms with Crippen LogP contribution in [0.3, 0.4) is 0 Å². The highest BCUT2D eigenvalue weighted by Gasteiger charge is 2.39. The van der Waals surface area contributed by atoms with E-state index in [4.69, 9.17) is 10.8 Å². The van der Waals surface area contributed by atoms with Gasteiger partial charge in [-0.2, -0.15) is 4.31 Å². The molecule has 0 unspecified atom stereocenters. The average Bonchev–Trinajstić information content (AvgIpc) is 3.07. The van der Waals surface area contributed by atoms with Gasteiger partial charge in [0.25, 0.3) is 0 Å². The molecule has 1 aliphatic rings. The summed E-state index contributed by atoms with van der Waals surface area (Å²) in [5.41, 5.74) is 6.02. The van der Waals surface area contributed by atoms with E-state index < -0.39 is 10.0 Å². The smallest absolute Gasteiger partial charge is 0.246 e. The fraction of sp³-hybridized carbons (Fsp3) is 0.455. The van der Waals surface area contributed by atoms with Crippen molar-refractivity contribution >= 4 is 47.6 Å². The summed E-state index contributed by atoms with van der Waals surface area (Å²) in [6.45, 7) is -0.112. The molecule has 0 spiro atoms. The van der Waals surface area contributed by atoms with Crippen molar-refractivity contribution in [3.05, 3.63) is 21.1 Å². The van der Waals surface area contributed by atoms with Gasteiger partial charge in [0.15, 0.2) is 0 Å². The first-order valence-corrected chi connectivity index (χ1v) is 8.77. The van der Waals surface area contributed by atoms with Crippen molar-refractivity contribution in [3.8, 4) is 0 Å². The lowest BCUT2D eigenvalue weighted by atomic mass is 10.3. The lowest BCUT2D eigenvalue weighted by Gasteiger charge is -2.22. The molecule has 0 heterocycles. The second kappa shape index (κ2) is 5.69. The van der Waals surface area contributed by atoms with Crippen molar-refractivity contribution in [2.24, 2.45) is 0 Å². The van der Waals surface area contributed by atoms with E-state index in [1.54, 1.807) is 12.1 Å². The molecular weight excluding hydrogens is 400 g/mol. The van der Waals surface area contributed by atoms with Crippen LogP contribution in [0.5, 0.6) is 0 Å². The Morgan fingerprint density at radius 3 is 2.47 bits per heavy atom. The lowest BCUT2D eigenvalue weighted by molar-refractivity contribution is 0.250. The van der Waals surface area contributed by atoms with E-state index in [0.717, 1.165) is 12.8 Å². The number of aliphatic hydroxyl groups is 1. The molecule has 0 aromatic heterocycles. The molecule has 1 saturated carbocycles. The van der Waals surface area contributed by atoms with E-state index >= 15 is 0 Å². The number of rotatable bonds is 5. The fourth-order valence-electron chi connectivity index (χ4n) is 1.93. The second-order valence-electron chi connectivity index (χ2n) is 4.38. The van der Waals surface area contributed by atoms with Crippen molar-refractivity contribution in [3.63, 3.8) is 0 Å². The Morgan fingerprint density at radius 1 is 1.37 bits per heavy atom. The van der Waals surface area contributed by atoms with Gasteiger partial charge in [0.1, 0.15) is 4.90 Å². The molecule has 0 aliphatic heterocycles. The first kappa shape index (κ1) is 15.2. The third-order valence-corrected chi connectivity index (χ3v) is 6.29. The van der Waals surface area contributed by atoms with Crippen molar-refractivity contribution < 1.29 is 13.5 Å². The molecule has 19 heavy (non-hydrogen) atoms. The molecule has 1 aliphatic carbocycles. The normalized spacial score (nSPS) is 16.0. The Hall–Kier alpha value is -0.150. The molecule has 2 rings (SSSR count). The Kier molecular flexibility index (Phi) is 4.56. The number of hydrogen-bond acceptors (Lipinski definition) is 4. The van der Waals surface area contributed by atoms with E-state index in [0.29, 0.717) is 8.95 Å². The number of sulfonamides is 1. The summed E-state index contributed by atoms with van der Waals surface area (Å²) < 4.78 is 27.7. The highest BCUT2D eigenvalue weighted by atomic mass is 79.9. The molecule has 0 amide bonds. The number of benzene rings is 1.